The van der Waals surface area contributed by atoms with E-state index in [0.717, 1.165) is 5.56 Å². The van der Waals surface area contributed by atoms with Crippen molar-refractivity contribution < 1.29 is 14.3 Å². The molecule has 0 atom stereocenters. The highest BCUT2D eigenvalue weighted by Crippen LogP contribution is 2.25. The summed E-state index contributed by atoms with van der Waals surface area (Å²) in [6.45, 7) is 3.39. The summed E-state index contributed by atoms with van der Waals surface area (Å²) in [6.07, 6.45) is 0.324. The van der Waals surface area contributed by atoms with Crippen LogP contribution in [0.1, 0.15) is 29.3 Å². The van der Waals surface area contributed by atoms with Crippen molar-refractivity contribution >= 4 is 40.6 Å². The summed E-state index contributed by atoms with van der Waals surface area (Å²) in [5.41, 5.74) is 1.88. The number of ether oxygens (including phenoxy) is 1. The van der Waals surface area contributed by atoms with Gasteiger partial charge in [-0.15, -0.1) is 0 Å². The minimum Gasteiger partial charge on any atom is -0.483 e. The average Bonchev–Trinajstić information content (AvgIpc) is 2.56. The molecule has 4 nitrogen and oxygen atoms in total. The van der Waals surface area contributed by atoms with E-state index in [1.54, 1.807) is 37.3 Å². The van der Waals surface area contributed by atoms with Crippen LogP contribution in [0.5, 0.6) is 5.75 Å². The molecular weight excluding hydrogens is 349 g/mol. The fourth-order valence-electron chi connectivity index (χ4n) is 2.09. The van der Waals surface area contributed by atoms with Gasteiger partial charge in [0.25, 0.3) is 5.91 Å². The summed E-state index contributed by atoms with van der Waals surface area (Å²) in [4.78, 5) is 24.0. The molecular formula is C18H17Cl2NO3. The van der Waals surface area contributed by atoms with Crippen LogP contribution in [0.4, 0.5) is 5.69 Å². The maximum absolute atomic E-state index is 12.1. The lowest BCUT2D eigenvalue weighted by Gasteiger charge is -2.12. The molecule has 0 saturated heterocycles. The lowest BCUT2D eigenvalue weighted by atomic mass is 10.1. The standard InChI is InChI=1S/C18H17Cl2NO3/c1-3-16(22)14-8-12(19)6-7-17(14)24-10-18(23)21-15-9-13(20)5-4-11(15)2/h4-9H,3,10H2,1-2H3,(H,21,23). The van der Waals surface area contributed by atoms with Crippen LogP contribution in [0.2, 0.25) is 10.0 Å². The number of nitrogens with one attached hydrogen (secondary N) is 1. The molecule has 0 bridgehead atoms. The number of rotatable bonds is 6. The maximum Gasteiger partial charge on any atom is 0.262 e. The molecule has 0 aromatic heterocycles. The van der Waals surface area contributed by atoms with Crippen molar-refractivity contribution in [2.24, 2.45) is 0 Å². The Balaban J connectivity index is 2.07. The van der Waals surface area contributed by atoms with Crippen LogP contribution in [-0.4, -0.2) is 18.3 Å². The van der Waals surface area contributed by atoms with E-state index < -0.39 is 0 Å². The molecule has 2 aromatic carbocycles. The van der Waals surface area contributed by atoms with Crippen molar-refractivity contribution in [1.29, 1.82) is 0 Å². The molecule has 1 amide bonds. The van der Waals surface area contributed by atoms with Crippen LogP contribution in [0, 0.1) is 6.92 Å². The SMILES string of the molecule is CCC(=O)c1cc(Cl)ccc1OCC(=O)Nc1cc(Cl)ccc1C. The Morgan fingerprint density at radius 2 is 1.75 bits per heavy atom. The number of ketones is 1. The fraction of sp³-hybridized carbons (Fsp3) is 0.222. The topological polar surface area (TPSA) is 55.4 Å². The van der Waals surface area contributed by atoms with Gasteiger partial charge in [-0.1, -0.05) is 36.2 Å². The number of hydrogen-bond acceptors (Lipinski definition) is 3. The molecule has 2 aromatic rings. The molecule has 0 aliphatic rings. The monoisotopic (exact) mass is 365 g/mol. The third-order valence-electron chi connectivity index (χ3n) is 3.40. The number of amides is 1. The van der Waals surface area contributed by atoms with Crippen LogP contribution in [0.15, 0.2) is 36.4 Å². The van der Waals surface area contributed by atoms with Crippen molar-refractivity contribution in [3.05, 3.63) is 57.6 Å². The van der Waals surface area contributed by atoms with E-state index in [4.69, 9.17) is 27.9 Å². The molecule has 2 rings (SSSR count). The number of hydrogen-bond donors (Lipinski definition) is 1. The Hall–Kier alpha value is -2.04. The molecule has 6 heteroatoms. The summed E-state index contributed by atoms with van der Waals surface area (Å²) in [7, 11) is 0. The van der Waals surface area contributed by atoms with Gasteiger partial charge in [-0.3, -0.25) is 9.59 Å². The van der Waals surface area contributed by atoms with Crippen molar-refractivity contribution in [2.45, 2.75) is 20.3 Å². The second-order valence-corrected chi connectivity index (χ2v) is 6.09. The van der Waals surface area contributed by atoms with Gasteiger partial charge in [0.2, 0.25) is 0 Å². The quantitative estimate of drug-likeness (QED) is 0.739. The van der Waals surface area contributed by atoms with Crippen molar-refractivity contribution in [2.75, 3.05) is 11.9 Å². The lowest BCUT2D eigenvalue weighted by molar-refractivity contribution is -0.118. The Labute approximate surface area is 150 Å². The van der Waals surface area contributed by atoms with Gasteiger partial charge >= 0.3 is 0 Å². The summed E-state index contributed by atoms with van der Waals surface area (Å²) < 4.78 is 5.49. The third-order valence-corrected chi connectivity index (χ3v) is 3.87. The first-order valence-corrected chi connectivity index (χ1v) is 8.18. The number of benzene rings is 2. The molecule has 0 spiro atoms. The minimum atomic E-state index is -0.342. The molecule has 0 aliphatic carbocycles. The van der Waals surface area contributed by atoms with Crippen LogP contribution >= 0.6 is 23.2 Å². The number of anilines is 1. The smallest absolute Gasteiger partial charge is 0.262 e. The molecule has 0 saturated carbocycles. The zero-order chi connectivity index (χ0) is 17.7. The van der Waals surface area contributed by atoms with E-state index in [2.05, 4.69) is 5.32 Å². The summed E-state index contributed by atoms with van der Waals surface area (Å²) >= 11 is 11.8. The van der Waals surface area contributed by atoms with Gasteiger partial charge in [-0.25, -0.2) is 0 Å². The highest BCUT2D eigenvalue weighted by Gasteiger charge is 2.13. The Morgan fingerprint density at radius 1 is 1.08 bits per heavy atom. The first-order valence-electron chi connectivity index (χ1n) is 7.42. The Kier molecular flexibility index (Phi) is 6.23. The predicted octanol–water partition coefficient (Wildman–Crippen LogP) is 4.91. The number of halogens is 2. The van der Waals surface area contributed by atoms with Gasteiger partial charge in [0, 0.05) is 22.2 Å². The largest absolute Gasteiger partial charge is 0.483 e. The van der Waals surface area contributed by atoms with Gasteiger partial charge < -0.3 is 10.1 Å². The Bertz CT molecular complexity index is 775. The lowest BCUT2D eigenvalue weighted by Crippen LogP contribution is -2.21. The van der Waals surface area contributed by atoms with Gasteiger partial charge in [0.15, 0.2) is 12.4 Å². The predicted molar refractivity (Wildman–Crippen MR) is 96.4 cm³/mol. The zero-order valence-corrected chi connectivity index (χ0v) is 14.9. The molecule has 0 heterocycles. The van der Waals surface area contributed by atoms with E-state index in [1.807, 2.05) is 13.0 Å². The average molecular weight is 366 g/mol. The summed E-state index contributed by atoms with van der Waals surface area (Å²) in [5, 5.41) is 3.71. The van der Waals surface area contributed by atoms with Crippen molar-refractivity contribution in [3.8, 4) is 5.75 Å². The van der Waals surface area contributed by atoms with Gasteiger partial charge in [-0.2, -0.15) is 0 Å². The molecule has 0 radical (unpaired) electrons. The highest BCUT2D eigenvalue weighted by atomic mass is 35.5. The number of carbonyl (C=O) groups excluding carboxylic acids is 2. The van der Waals surface area contributed by atoms with Crippen LogP contribution in [0.3, 0.4) is 0 Å². The minimum absolute atomic E-state index is 0.0985. The zero-order valence-electron chi connectivity index (χ0n) is 13.4. The maximum atomic E-state index is 12.1. The first kappa shape index (κ1) is 18.3. The molecule has 0 aliphatic heterocycles. The molecule has 0 fully saturated rings. The second kappa shape index (κ2) is 8.18. The molecule has 1 N–H and O–H groups in total. The van der Waals surface area contributed by atoms with Crippen molar-refractivity contribution in [3.63, 3.8) is 0 Å². The van der Waals surface area contributed by atoms with Crippen molar-refractivity contribution in [1.82, 2.24) is 0 Å². The molecule has 126 valence electrons. The summed E-state index contributed by atoms with van der Waals surface area (Å²) in [6, 6.07) is 9.98. The number of Topliss-reactive ketones (excluding diaryl/α,β-unsaturated/α-hetero) is 1. The van der Waals surface area contributed by atoms with E-state index in [9.17, 15) is 9.59 Å². The first-order chi connectivity index (χ1) is 11.4. The fourth-order valence-corrected chi connectivity index (χ4v) is 2.44. The van der Waals surface area contributed by atoms with Crippen LogP contribution in [0.25, 0.3) is 0 Å². The third kappa shape index (κ3) is 4.73. The van der Waals surface area contributed by atoms with Gasteiger partial charge in [0.05, 0.1) is 5.56 Å². The van der Waals surface area contributed by atoms with Crippen LogP contribution in [-0.2, 0) is 4.79 Å². The van der Waals surface area contributed by atoms with Gasteiger partial charge in [0.1, 0.15) is 5.75 Å². The highest BCUT2D eigenvalue weighted by molar-refractivity contribution is 6.31. The molecule has 0 unspecified atom stereocenters. The number of carbonyl (C=O) groups is 2. The second-order valence-electron chi connectivity index (χ2n) is 5.21. The van der Waals surface area contributed by atoms with E-state index in [-0.39, 0.29) is 18.3 Å². The van der Waals surface area contributed by atoms with E-state index >= 15 is 0 Å². The number of aryl methyl sites for hydroxylation is 1. The van der Waals surface area contributed by atoms with E-state index in [1.165, 1.54) is 0 Å². The summed E-state index contributed by atoms with van der Waals surface area (Å²) in [5.74, 6) is -0.104. The van der Waals surface area contributed by atoms with E-state index in [0.29, 0.717) is 33.5 Å². The van der Waals surface area contributed by atoms with Gasteiger partial charge in [-0.05, 0) is 42.8 Å². The van der Waals surface area contributed by atoms with Crippen LogP contribution < -0.4 is 10.1 Å². The normalized spacial score (nSPS) is 10.3. The Morgan fingerprint density at radius 3 is 2.46 bits per heavy atom. The molecule has 24 heavy (non-hydrogen) atoms.